The highest BCUT2D eigenvalue weighted by atomic mass is 16.2. The Kier molecular flexibility index (Phi) is 3.09. The Morgan fingerprint density at radius 2 is 1.92 bits per heavy atom. The first-order valence-electron chi connectivity index (χ1n) is 8.11. The maximum atomic E-state index is 12.5. The Morgan fingerprint density at radius 3 is 2.58 bits per heavy atom. The summed E-state index contributed by atoms with van der Waals surface area (Å²) >= 11 is 0. The second-order valence-corrected chi connectivity index (χ2v) is 6.22. The predicted molar refractivity (Wildman–Crippen MR) is 93.0 cm³/mol. The molecule has 1 amide bonds. The molecule has 0 bridgehead atoms. The van der Waals surface area contributed by atoms with Gasteiger partial charge in [-0.05, 0) is 36.6 Å². The summed E-state index contributed by atoms with van der Waals surface area (Å²) in [5.41, 5.74) is 3.76. The Balaban J connectivity index is 1.88. The number of aromatic nitrogens is 3. The van der Waals surface area contributed by atoms with Crippen LogP contribution in [0.4, 0.5) is 5.69 Å². The van der Waals surface area contributed by atoms with Gasteiger partial charge in [-0.1, -0.05) is 13.8 Å². The van der Waals surface area contributed by atoms with Crippen LogP contribution in [0, 0.1) is 0 Å². The SMILES string of the molecule is CCC1(CC)C(=O)Nc2cc3[nH]c(-c4cnc(=O)[nH]c4)cc3cc21. The molecule has 0 atom stereocenters. The molecule has 0 fully saturated rings. The fraction of sp³-hybridized carbons (Fsp3) is 0.278. The summed E-state index contributed by atoms with van der Waals surface area (Å²) in [5.74, 6) is 0.0835. The van der Waals surface area contributed by atoms with Gasteiger partial charge in [0.2, 0.25) is 5.91 Å². The fourth-order valence-corrected chi connectivity index (χ4v) is 3.64. The van der Waals surface area contributed by atoms with Crippen molar-refractivity contribution in [3.63, 3.8) is 0 Å². The second-order valence-electron chi connectivity index (χ2n) is 6.22. The van der Waals surface area contributed by atoms with Crippen LogP contribution >= 0.6 is 0 Å². The highest BCUT2D eigenvalue weighted by Gasteiger charge is 2.43. The first-order chi connectivity index (χ1) is 11.6. The minimum absolute atomic E-state index is 0.0835. The molecule has 0 saturated carbocycles. The lowest BCUT2D eigenvalue weighted by atomic mass is 9.77. The molecule has 4 rings (SSSR count). The van der Waals surface area contributed by atoms with E-state index in [0.717, 1.165) is 46.3 Å². The van der Waals surface area contributed by atoms with Crippen LogP contribution in [0.25, 0.3) is 22.2 Å². The summed E-state index contributed by atoms with van der Waals surface area (Å²) in [4.78, 5) is 33.3. The van der Waals surface area contributed by atoms with Gasteiger partial charge in [-0.3, -0.25) is 4.79 Å². The smallest absolute Gasteiger partial charge is 0.344 e. The molecule has 6 heteroatoms. The van der Waals surface area contributed by atoms with Crippen LogP contribution in [0.3, 0.4) is 0 Å². The number of amides is 1. The Bertz CT molecular complexity index is 991. The average Bonchev–Trinajstić information content (AvgIpc) is 3.11. The lowest BCUT2D eigenvalue weighted by molar-refractivity contribution is -0.121. The van der Waals surface area contributed by atoms with Gasteiger partial charge < -0.3 is 15.3 Å². The van der Waals surface area contributed by atoms with Gasteiger partial charge in [-0.2, -0.15) is 0 Å². The summed E-state index contributed by atoms with van der Waals surface area (Å²) in [6.07, 6.45) is 4.73. The van der Waals surface area contributed by atoms with Crippen molar-refractivity contribution >= 4 is 22.5 Å². The lowest BCUT2D eigenvalue weighted by Crippen LogP contribution is -2.32. The number of aromatic amines is 2. The maximum Gasteiger partial charge on any atom is 0.344 e. The largest absolute Gasteiger partial charge is 0.354 e. The van der Waals surface area contributed by atoms with E-state index in [2.05, 4.69) is 40.2 Å². The van der Waals surface area contributed by atoms with Crippen molar-refractivity contribution in [2.24, 2.45) is 0 Å². The average molecular weight is 322 g/mol. The van der Waals surface area contributed by atoms with Crippen molar-refractivity contribution in [2.45, 2.75) is 32.1 Å². The number of carbonyl (C=O) groups is 1. The van der Waals surface area contributed by atoms with Crippen molar-refractivity contribution in [2.75, 3.05) is 5.32 Å². The summed E-state index contributed by atoms with van der Waals surface area (Å²) in [7, 11) is 0. The molecule has 3 heterocycles. The van der Waals surface area contributed by atoms with E-state index in [-0.39, 0.29) is 11.6 Å². The summed E-state index contributed by atoms with van der Waals surface area (Å²) in [5, 5.41) is 4.06. The van der Waals surface area contributed by atoms with Gasteiger partial charge in [0.05, 0.1) is 5.41 Å². The molecule has 122 valence electrons. The third-order valence-electron chi connectivity index (χ3n) is 5.15. The molecule has 24 heavy (non-hydrogen) atoms. The van der Waals surface area contributed by atoms with E-state index < -0.39 is 5.41 Å². The highest BCUT2D eigenvalue weighted by molar-refractivity contribution is 6.08. The molecule has 0 radical (unpaired) electrons. The topological polar surface area (TPSA) is 90.6 Å². The van der Waals surface area contributed by atoms with Crippen LogP contribution in [0.5, 0.6) is 0 Å². The molecule has 2 aromatic heterocycles. The first kappa shape index (κ1) is 14.7. The zero-order valence-corrected chi connectivity index (χ0v) is 13.6. The molecule has 0 unspecified atom stereocenters. The number of nitrogens with one attached hydrogen (secondary N) is 3. The van der Waals surface area contributed by atoms with E-state index in [1.807, 2.05) is 12.1 Å². The second kappa shape index (κ2) is 5.06. The number of hydrogen-bond donors (Lipinski definition) is 3. The summed E-state index contributed by atoms with van der Waals surface area (Å²) < 4.78 is 0. The number of carbonyl (C=O) groups excluding carboxylic acids is 1. The van der Waals surface area contributed by atoms with Crippen molar-refractivity contribution in [1.29, 1.82) is 0 Å². The molecule has 0 aliphatic carbocycles. The third-order valence-corrected chi connectivity index (χ3v) is 5.15. The maximum absolute atomic E-state index is 12.5. The minimum Gasteiger partial charge on any atom is -0.354 e. The van der Waals surface area contributed by atoms with Crippen LogP contribution in [0.15, 0.2) is 35.4 Å². The molecule has 0 spiro atoms. The standard InChI is InChI=1S/C18H18N4O2/c1-3-18(4-2)12-5-10-6-13(11-8-19-17(24)20-9-11)21-14(10)7-15(12)22-16(18)23/h5-9,21H,3-4H2,1-2H3,(H,22,23)(H,19,20,24). The van der Waals surface area contributed by atoms with Gasteiger partial charge in [-0.15, -0.1) is 0 Å². The number of anilines is 1. The van der Waals surface area contributed by atoms with Crippen molar-refractivity contribution in [3.05, 3.63) is 46.6 Å². The number of benzene rings is 1. The molecule has 1 aliphatic heterocycles. The molecule has 1 aliphatic rings. The minimum atomic E-state index is -0.444. The molecule has 3 N–H and O–H groups in total. The lowest BCUT2D eigenvalue weighted by Gasteiger charge is -2.23. The number of rotatable bonds is 3. The highest BCUT2D eigenvalue weighted by Crippen LogP contribution is 2.44. The third kappa shape index (κ3) is 1.92. The fourth-order valence-electron chi connectivity index (χ4n) is 3.64. The van der Waals surface area contributed by atoms with E-state index >= 15 is 0 Å². The van der Waals surface area contributed by atoms with Crippen molar-refractivity contribution in [1.82, 2.24) is 15.0 Å². The molecule has 1 aromatic carbocycles. The van der Waals surface area contributed by atoms with E-state index in [1.54, 1.807) is 12.4 Å². The van der Waals surface area contributed by atoms with E-state index in [0.29, 0.717) is 0 Å². The van der Waals surface area contributed by atoms with Gasteiger partial charge >= 0.3 is 5.69 Å². The predicted octanol–water partition coefficient (Wildman–Crippen LogP) is 2.93. The number of fused-ring (bicyclic) bond motifs is 2. The van der Waals surface area contributed by atoms with E-state index in [1.165, 1.54) is 0 Å². The van der Waals surface area contributed by atoms with Crippen LogP contribution in [-0.2, 0) is 10.2 Å². The monoisotopic (exact) mass is 322 g/mol. The van der Waals surface area contributed by atoms with Crippen LogP contribution < -0.4 is 11.0 Å². The Labute approximate surface area is 138 Å². The van der Waals surface area contributed by atoms with Gasteiger partial charge in [0.15, 0.2) is 0 Å². The summed E-state index contributed by atoms with van der Waals surface area (Å²) in [6.45, 7) is 4.10. The number of nitrogens with zero attached hydrogens (tertiary/aromatic N) is 1. The molecule has 0 saturated heterocycles. The molecule has 3 aromatic rings. The van der Waals surface area contributed by atoms with Gasteiger partial charge in [0.1, 0.15) is 0 Å². The quantitative estimate of drug-likeness (QED) is 0.692. The van der Waals surface area contributed by atoms with Gasteiger partial charge in [-0.25, -0.2) is 9.78 Å². The zero-order valence-electron chi connectivity index (χ0n) is 13.6. The van der Waals surface area contributed by atoms with E-state index in [4.69, 9.17) is 0 Å². The van der Waals surface area contributed by atoms with Crippen molar-refractivity contribution in [3.8, 4) is 11.3 Å². The normalized spacial score (nSPS) is 15.5. The van der Waals surface area contributed by atoms with Gasteiger partial charge in [0.25, 0.3) is 0 Å². The molecular weight excluding hydrogens is 304 g/mol. The van der Waals surface area contributed by atoms with Crippen LogP contribution in [0.1, 0.15) is 32.3 Å². The molecular formula is C18H18N4O2. The Hall–Kier alpha value is -2.89. The molecule has 6 nitrogen and oxygen atoms in total. The number of H-pyrrole nitrogens is 2. The number of hydrogen-bond acceptors (Lipinski definition) is 3. The first-order valence-corrected chi connectivity index (χ1v) is 8.11. The summed E-state index contributed by atoms with van der Waals surface area (Å²) in [6, 6.07) is 6.09. The van der Waals surface area contributed by atoms with Crippen molar-refractivity contribution < 1.29 is 4.79 Å². The van der Waals surface area contributed by atoms with Crippen LogP contribution in [-0.4, -0.2) is 20.9 Å². The van der Waals surface area contributed by atoms with Gasteiger partial charge in [0, 0.05) is 40.2 Å². The van der Waals surface area contributed by atoms with Crippen LogP contribution in [0.2, 0.25) is 0 Å². The Morgan fingerprint density at radius 1 is 1.12 bits per heavy atom. The zero-order chi connectivity index (χ0) is 16.9. The van der Waals surface area contributed by atoms with E-state index in [9.17, 15) is 9.59 Å².